The highest BCUT2D eigenvalue weighted by atomic mass is 16.5. The molecule has 5 nitrogen and oxygen atoms in total. The summed E-state index contributed by atoms with van der Waals surface area (Å²) in [6, 6.07) is 8.10. The Hall–Kier alpha value is -1.43. The van der Waals surface area contributed by atoms with Crippen LogP contribution in [0.1, 0.15) is 30.9 Å². The van der Waals surface area contributed by atoms with Crippen molar-refractivity contribution in [1.82, 2.24) is 10.6 Å². The van der Waals surface area contributed by atoms with E-state index in [1.807, 2.05) is 25.1 Å². The van der Waals surface area contributed by atoms with Crippen molar-refractivity contribution in [2.75, 3.05) is 26.4 Å². The molecular weight excluding hydrogens is 280 g/mol. The zero-order chi connectivity index (χ0) is 15.6. The van der Waals surface area contributed by atoms with Crippen LogP contribution in [0.3, 0.4) is 0 Å². The molecule has 0 radical (unpaired) electrons. The van der Waals surface area contributed by atoms with Crippen molar-refractivity contribution < 1.29 is 14.3 Å². The van der Waals surface area contributed by atoms with E-state index in [0.29, 0.717) is 33.0 Å². The van der Waals surface area contributed by atoms with Gasteiger partial charge in [-0.3, -0.25) is 4.79 Å². The highest BCUT2D eigenvalue weighted by Crippen LogP contribution is 2.08. The molecule has 0 spiro atoms. The summed E-state index contributed by atoms with van der Waals surface area (Å²) in [5.41, 5.74) is 2.21. The summed E-state index contributed by atoms with van der Waals surface area (Å²) in [7, 11) is 0. The summed E-state index contributed by atoms with van der Waals surface area (Å²) in [6.45, 7) is 5.98. The molecule has 0 aliphatic carbocycles. The number of amides is 1. The first-order valence-corrected chi connectivity index (χ1v) is 8.04. The minimum atomic E-state index is -0.0231. The molecule has 22 heavy (non-hydrogen) atoms. The number of nitrogens with one attached hydrogen (secondary N) is 2. The Kier molecular flexibility index (Phi) is 7.36. The van der Waals surface area contributed by atoms with E-state index in [1.165, 1.54) is 0 Å². The van der Waals surface area contributed by atoms with Crippen molar-refractivity contribution in [2.45, 2.75) is 39.0 Å². The minimum Gasteiger partial charge on any atom is -0.379 e. The van der Waals surface area contributed by atoms with Crippen LogP contribution in [0.25, 0.3) is 0 Å². The molecule has 2 rings (SSSR count). The van der Waals surface area contributed by atoms with E-state index in [4.69, 9.17) is 9.47 Å². The Labute approximate surface area is 132 Å². The molecule has 1 atom stereocenters. The summed E-state index contributed by atoms with van der Waals surface area (Å²) in [5.74, 6) is 0.0934. The van der Waals surface area contributed by atoms with Crippen LogP contribution in [-0.4, -0.2) is 38.3 Å². The molecule has 1 saturated heterocycles. The lowest BCUT2D eigenvalue weighted by molar-refractivity contribution is -0.122. The number of ether oxygens (including phenoxy) is 2. The fourth-order valence-electron chi connectivity index (χ4n) is 2.50. The van der Waals surface area contributed by atoms with Crippen molar-refractivity contribution in [3.63, 3.8) is 0 Å². The van der Waals surface area contributed by atoms with Gasteiger partial charge in [0.1, 0.15) is 0 Å². The zero-order valence-electron chi connectivity index (χ0n) is 13.3. The second-order valence-electron chi connectivity index (χ2n) is 5.44. The molecule has 1 aromatic rings. The van der Waals surface area contributed by atoms with E-state index in [9.17, 15) is 4.79 Å². The van der Waals surface area contributed by atoms with Gasteiger partial charge in [-0.2, -0.15) is 0 Å². The average Bonchev–Trinajstić information content (AvgIpc) is 3.07. The maximum atomic E-state index is 12.0. The number of hydrogen-bond donors (Lipinski definition) is 2. The standard InChI is InChI=1S/C17H26N2O3/c1-2-21-9-10-22-13-15-6-3-5-14(11-15)12-19-17(20)16-7-4-8-18-16/h3,5-6,11,16,18H,2,4,7-10,12-13H2,1H3,(H,19,20). The van der Waals surface area contributed by atoms with Crippen molar-refractivity contribution in [3.05, 3.63) is 35.4 Å². The predicted octanol–water partition coefficient (Wildman–Crippen LogP) is 1.61. The van der Waals surface area contributed by atoms with Crippen molar-refractivity contribution in [2.24, 2.45) is 0 Å². The van der Waals surface area contributed by atoms with Gasteiger partial charge < -0.3 is 20.1 Å². The molecular formula is C17H26N2O3. The molecule has 1 heterocycles. The lowest BCUT2D eigenvalue weighted by atomic mass is 10.1. The summed E-state index contributed by atoms with van der Waals surface area (Å²) < 4.78 is 10.8. The first kappa shape index (κ1) is 16.9. The van der Waals surface area contributed by atoms with Gasteiger partial charge in [-0.1, -0.05) is 24.3 Å². The first-order chi connectivity index (χ1) is 10.8. The molecule has 2 N–H and O–H groups in total. The normalized spacial score (nSPS) is 17.6. The fraction of sp³-hybridized carbons (Fsp3) is 0.588. The van der Waals surface area contributed by atoms with Crippen LogP contribution in [0.2, 0.25) is 0 Å². The molecule has 5 heteroatoms. The maximum Gasteiger partial charge on any atom is 0.237 e. The molecule has 0 bridgehead atoms. The smallest absolute Gasteiger partial charge is 0.237 e. The molecule has 1 unspecified atom stereocenters. The summed E-state index contributed by atoms with van der Waals surface area (Å²) in [6.07, 6.45) is 2.01. The quantitative estimate of drug-likeness (QED) is 0.681. The van der Waals surface area contributed by atoms with E-state index in [1.54, 1.807) is 0 Å². The minimum absolute atomic E-state index is 0.0231. The van der Waals surface area contributed by atoms with Crippen molar-refractivity contribution >= 4 is 5.91 Å². The SMILES string of the molecule is CCOCCOCc1cccc(CNC(=O)C2CCCN2)c1. The van der Waals surface area contributed by atoms with Gasteiger partial charge in [0.25, 0.3) is 0 Å². The highest BCUT2D eigenvalue weighted by molar-refractivity contribution is 5.81. The largest absolute Gasteiger partial charge is 0.379 e. The second-order valence-corrected chi connectivity index (χ2v) is 5.44. The van der Waals surface area contributed by atoms with E-state index in [0.717, 1.165) is 30.5 Å². The van der Waals surface area contributed by atoms with Gasteiger partial charge >= 0.3 is 0 Å². The van der Waals surface area contributed by atoms with Crippen LogP contribution >= 0.6 is 0 Å². The number of carbonyl (C=O) groups excluding carboxylic acids is 1. The highest BCUT2D eigenvalue weighted by Gasteiger charge is 2.21. The van der Waals surface area contributed by atoms with Gasteiger partial charge in [-0.25, -0.2) is 0 Å². The van der Waals surface area contributed by atoms with Gasteiger partial charge in [0.05, 0.1) is 25.9 Å². The Morgan fingerprint density at radius 1 is 1.32 bits per heavy atom. The molecule has 122 valence electrons. The molecule has 1 amide bonds. The van der Waals surface area contributed by atoms with E-state index < -0.39 is 0 Å². The van der Waals surface area contributed by atoms with Gasteiger partial charge in [0, 0.05) is 13.2 Å². The summed E-state index contributed by atoms with van der Waals surface area (Å²) >= 11 is 0. The molecule has 1 aromatic carbocycles. The van der Waals surface area contributed by atoms with Crippen LogP contribution in [0, 0.1) is 0 Å². The van der Waals surface area contributed by atoms with Crippen LogP contribution < -0.4 is 10.6 Å². The molecule has 1 aliphatic rings. The zero-order valence-corrected chi connectivity index (χ0v) is 13.3. The Bertz CT molecular complexity index is 459. The van der Waals surface area contributed by atoms with Crippen molar-refractivity contribution in [1.29, 1.82) is 0 Å². The lowest BCUT2D eigenvalue weighted by Gasteiger charge is -2.12. The second kappa shape index (κ2) is 9.56. The molecule has 1 aliphatic heterocycles. The van der Waals surface area contributed by atoms with E-state index in [-0.39, 0.29) is 11.9 Å². The van der Waals surface area contributed by atoms with Crippen molar-refractivity contribution in [3.8, 4) is 0 Å². The van der Waals surface area contributed by atoms with E-state index in [2.05, 4.69) is 16.7 Å². The Morgan fingerprint density at radius 2 is 2.14 bits per heavy atom. The third kappa shape index (κ3) is 5.75. The monoisotopic (exact) mass is 306 g/mol. The van der Waals surface area contributed by atoms with E-state index >= 15 is 0 Å². The third-order valence-corrected chi connectivity index (χ3v) is 3.68. The molecule has 0 aromatic heterocycles. The molecule has 0 saturated carbocycles. The number of carbonyl (C=O) groups is 1. The predicted molar refractivity (Wildman–Crippen MR) is 85.5 cm³/mol. The summed E-state index contributed by atoms with van der Waals surface area (Å²) in [4.78, 5) is 12.0. The van der Waals surface area contributed by atoms with Crippen LogP contribution in [0.5, 0.6) is 0 Å². The first-order valence-electron chi connectivity index (χ1n) is 8.04. The maximum absolute atomic E-state index is 12.0. The molecule has 1 fully saturated rings. The lowest BCUT2D eigenvalue weighted by Crippen LogP contribution is -2.40. The van der Waals surface area contributed by atoms with Crippen LogP contribution in [0.4, 0.5) is 0 Å². The Morgan fingerprint density at radius 3 is 2.91 bits per heavy atom. The third-order valence-electron chi connectivity index (χ3n) is 3.68. The van der Waals surface area contributed by atoms with Gasteiger partial charge in [-0.15, -0.1) is 0 Å². The average molecular weight is 306 g/mol. The number of benzene rings is 1. The van der Waals surface area contributed by atoms with Gasteiger partial charge in [0.15, 0.2) is 0 Å². The fourth-order valence-corrected chi connectivity index (χ4v) is 2.50. The number of rotatable bonds is 9. The number of hydrogen-bond acceptors (Lipinski definition) is 4. The van der Waals surface area contributed by atoms with Gasteiger partial charge in [0.2, 0.25) is 5.91 Å². The summed E-state index contributed by atoms with van der Waals surface area (Å²) in [5, 5.41) is 6.19. The van der Waals surface area contributed by atoms with Crippen LogP contribution in [0.15, 0.2) is 24.3 Å². The van der Waals surface area contributed by atoms with Crippen LogP contribution in [-0.2, 0) is 27.4 Å². The van der Waals surface area contributed by atoms with Gasteiger partial charge in [-0.05, 0) is 37.4 Å². The topological polar surface area (TPSA) is 59.6 Å². The Balaban J connectivity index is 1.72.